The Hall–Kier alpha value is -3.04. The Kier molecular flexibility index (Phi) is 6.38. The van der Waals surface area contributed by atoms with Gasteiger partial charge in [-0.1, -0.05) is 23.5 Å². The predicted molar refractivity (Wildman–Crippen MR) is 125 cm³/mol. The van der Waals surface area contributed by atoms with Gasteiger partial charge in [-0.3, -0.25) is 14.3 Å². The Labute approximate surface area is 196 Å². The highest BCUT2D eigenvalue weighted by Crippen LogP contribution is 2.34. The highest BCUT2D eigenvalue weighted by atomic mass is 79.9. The summed E-state index contributed by atoms with van der Waals surface area (Å²) in [5.74, 6) is 0.156. The van der Waals surface area contributed by atoms with Crippen molar-refractivity contribution in [2.75, 3.05) is 13.7 Å². The molecule has 0 aliphatic carbocycles. The fourth-order valence-corrected chi connectivity index (χ4v) is 5.18. The summed E-state index contributed by atoms with van der Waals surface area (Å²) in [6.07, 6.45) is 5.14. The number of aromatic nitrogens is 2. The zero-order chi connectivity index (χ0) is 22.8. The maximum atomic E-state index is 13.5. The van der Waals surface area contributed by atoms with E-state index in [1.165, 1.54) is 11.3 Å². The van der Waals surface area contributed by atoms with E-state index >= 15 is 0 Å². The molecule has 0 saturated carbocycles. The lowest BCUT2D eigenvalue weighted by Gasteiger charge is -2.25. The Morgan fingerprint density at radius 1 is 1.34 bits per heavy atom. The van der Waals surface area contributed by atoms with Crippen LogP contribution in [0.25, 0.3) is 6.08 Å². The van der Waals surface area contributed by atoms with Gasteiger partial charge < -0.3 is 9.47 Å². The first-order chi connectivity index (χ1) is 15.4. The molecule has 0 N–H and O–H groups in total. The summed E-state index contributed by atoms with van der Waals surface area (Å²) >= 11 is 4.78. The smallest absolute Gasteiger partial charge is 0.338 e. The zero-order valence-electron chi connectivity index (χ0n) is 17.7. The molecule has 164 valence electrons. The largest absolute Gasteiger partial charge is 0.496 e. The van der Waals surface area contributed by atoms with Crippen molar-refractivity contribution in [3.8, 4) is 5.75 Å². The van der Waals surface area contributed by atoms with Crippen LogP contribution in [0, 0.1) is 0 Å². The number of methoxy groups -OCH3 is 1. The van der Waals surface area contributed by atoms with Crippen molar-refractivity contribution >= 4 is 39.3 Å². The van der Waals surface area contributed by atoms with Crippen molar-refractivity contribution in [3.63, 3.8) is 0 Å². The number of halogens is 1. The monoisotopic (exact) mass is 513 g/mol. The molecule has 0 amide bonds. The third-order valence-corrected chi connectivity index (χ3v) is 6.59. The number of rotatable bonds is 5. The number of allylic oxidation sites excluding steroid dienone is 1. The van der Waals surface area contributed by atoms with Gasteiger partial charge in [0.1, 0.15) is 5.75 Å². The van der Waals surface area contributed by atoms with Gasteiger partial charge in [0.05, 0.1) is 40.0 Å². The first-order valence-corrected chi connectivity index (χ1v) is 11.5. The van der Waals surface area contributed by atoms with E-state index in [4.69, 9.17) is 9.47 Å². The number of pyridine rings is 1. The van der Waals surface area contributed by atoms with Crippen LogP contribution in [0.5, 0.6) is 5.75 Å². The van der Waals surface area contributed by atoms with Gasteiger partial charge in [0.25, 0.3) is 5.56 Å². The molecule has 0 unspecified atom stereocenters. The number of carbonyl (C=O) groups excluding carboxylic acids is 1. The number of hydrogen-bond acceptors (Lipinski definition) is 7. The Morgan fingerprint density at radius 3 is 2.81 bits per heavy atom. The van der Waals surface area contributed by atoms with Crippen molar-refractivity contribution in [1.82, 2.24) is 9.55 Å². The molecule has 9 heteroatoms. The van der Waals surface area contributed by atoms with E-state index in [9.17, 15) is 9.59 Å². The summed E-state index contributed by atoms with van der Waals surface area (Å²) in [5, 5.41) is 0. The molecule has 4 rings (SSSR count). The number of nitrogens with zero attached hydrogens (tertiary/aromatic N) is 3. The lowest BCUT2D eigenvalue weighted by atomic mass is 9.96. The fraction of sp³-hybridized carbons (Fsp3) is 0.217. The third kappa shape index (κ3) is 4.05. The molecule has 1 aliphatic rings. The molecule has 32 heavy (non-hydrogen) atoms. The minimum Gasteiger partial charge on any atom is -0.496 e. The predicted octanol–water partition coefficient (Wildman–Crippen LogP) is 2.96. The first kappa shape index (κ1) is 22.2. The second-order valence-electron chi connectivity index (χ2n) is 6.98. The number of ether oxygens (including phenoxy) is 2. The molecule has 1 atom stereocenters. The summed E-state index contributed by atoms with van der Waals surface area (Å²) in [7, 11) is 1.58. The lowest BCUT2D eigenvalue weighted by molar-refractivity contribution is -0.139. The van der Waals surface area contributed by atoms with Crippen molar-refractivity contribution < 1.29 is 14.3 Å². The SMILES string of the molecule is CCOC(=O)C1=C(C)N=c2s/c(=C/c3cccnc3)c(=O)n2[C@@H]1c1ccc(OC)c(Br)c1. The van der Waals surface area contributed by atoms with E-state index in [0.717, 1.165) is 11.1 Å². The molecule has 3 aromatic rings. The van der Waals surface area contributed by atoms with Crippen LogP contribution >= 0.6 is 27.3 Å². The van der Waals surface area contributed by atoms with Crippen LogP contribution in [0.3, 0.4) is 0 Å². The number of fused-ring (bicyclic) bond motifs is 1. The number of carbonyl (C=O) groups is 1. The second kappa shape index (κ2) is 9.22. The fourth-order valence-electron chi connectivity index (χ4n) is 3.57. The minimum absolute atomic E-state index is 0.222. The van der Waals surface area contributed by atoms with Crippen LogP contribution in [0.1, 0.15) is 31.0 Å². The quantitative estimate of drug-likeness (QED) is 0.489. The van der Waals surface area contributed by atoms with Gasteiger partial charge in [-0.2, -0.15) is 0 Å². The van der Waals surface area contributed by atoms with Crippen LogP contribution in [-0.4, -0.2) is 29.2 Å². The molecule has 0 radical (unpaired) electrons. The van der Waals surface area contributed by atoms with E-state index < -0.39 is 12.0 Å². The molecule has 0 spiro atoms. The van der Waals surface area contributed by atoms with Crippen LogP contribution < -0.4 is 19.6 Å². The summed E-state index contributed by atoms with van der Waals surface area (Å²) in [5.41, 5.74) is 2.18. The molecule has 1 aromatic carbocycles. The van der Waals surface area contributed by atoms with Gasteiger partial charge in [-0.25, -0.2) is 9.79 Å². The van der Waals surface area contributed by atoms with Crippen molar-refractivity contribution in [2.24, 2.45) is 4.99 Å². The first-order valence-electron chi connectivity index (χ1n) is 9.87. The topological polar surface area (TPSA) is 82.8 Å². The summed E-state index contributed by atoms with van der Waals surface area (Å²) in [6, 6.07) is 8.48. The highest BCUT2D eigenvalue weighted by molar-refractivity contribution is 9.10. The van der Waals surface area contributed by atoms with Gasteiger partial charge in [0, 0.05) is 12.4 Å². The third-order valence-electron chi connectivity index (χ3n) is 4.99. The normalized spacial score (nSPS) is 15.9. The summed E-state index contributed by atoms with van der Waals surface area (Å²) in [4.78, 5) is 35.6. The average Bonchev–Trinajstić information content (AvgIpc) is 3.08. The second-order valence-corrected chi connectivity index (χ2v) is 8.85. The molecular formula is C23H20BrN3O4S. The Bertz CT molecular complexity index is 1390. The maximum Gasteiger partial charge on any atom is 0.338 e. The molecule has 0 bridgehead atoms. The van der Waals surface area contributed by atoms with Crippen LogP contribution in [0.4, 0.5) is 0 Å². The highest BCUT2D eigenvalue weighted by Gasteiger charge is 2.33. The van der Waals surface area contributed by atoms with Crippen LogP contribution in [-0.2, 0) is 9.53 Å². The van der Waals surface area contributed by atoms with Gasteiger partial charge in [0.2, 0.25) is 0 Å². The number of thiazole rings is 1. The molecular weight excluding hydrogens is 494 g/mol. The Morgan fingerprint density at radius 2 is 2.16 bits per heavy atom. The average molecular weight is 514 g/mol. The van der Waals surface area contributed by atoms with Crippen molar-refractivity contribution in [3.05, 3.63) is 89.3 Å². The maximum absolute atomic E-state index is 13.5. The van der Waals surface area contributed by atoms with Gasteiger partial charge in [0.15, 0.2) is 4.80 Å². The number of benzene rings is 1. The lowest BCUT2D eigenvalue weighted by Crippen LogP contribution is -2.39. The van der Waals surface area contributed by atoms with Gasteiger partial charge in [-0.05, 0) is 65.2 Å². The number of esters is 1. The van der Waals surface area contributed by atoms with E-state index in [1.54, 1.807) is 50.1 Å². The molecule has 3 heterocycles. The molecule has 0 fully saturated rings. The summed E-state index contributed by atoms with van der Waals surface area (Å²) < 4.78 is 13.4. The molecule has 2 aromatic heterocycles. The van der Waals surface area contributed by atoms with Crippen LogP contribution in [0.15, 0.2) is 68.3 Å². The number of hydrogen-bond donors (Lipinski definition) is 0. The molecule has 1 aliphatic heterocycles. The van der Waals surface area contributed by atoms with Gasteiger partial charge in [-0.15, -0.1) is 0 Å². The van der Waals surface area contributed by atoms with Gasteiger partial charge >= 0.3 is 5.97 Å². The summed E-state index contributed by atoms with van der Waals surface area (Å²) in [6.45, 7) is 3.73. The van der Waals surface area contributed by atoms with Crippen molar-refractivity contribution in [2.45, 2.75) is 19.9 Å². The van der Waals surface area contributed by atoms with E-state index in [0.29, 0.717) is 30.8 Å². The van der Waals surface area contributed by atoms with E-state index in [-0.39, 0.29) is 12.2 Å². The van der Waals surface area contributed by atoms with E-state index in [1.807, 2.05) is 24.3 Å². The molecule has 7 nitrogen and oxygen atoms in total. The zero-order valence-corrected chi connectivity index (χ0v) is 20.1. The van der Waals surface area contributed by atoms with Crippen LogP contribution in [0.2, 0.25) is 0 Å². The van der Waals surface area contributed by atoms with Crippen molar-refractivity contribution in [1.29, 1.82) is 0 Å². The Balaban J connectivity index is 1.97. The standard InChI is InChI=1S/C23H20BrN3O4S/c1-4-31-22(29)19-13(2)26-23-27(20(19)15-7-8-17(30-3)16(24)11-15)21(28)18(32-23)10-14-6-5-9-25-12-14/h5-12,20H,4H2,1-3H3/b18-10+/t20-/m1/s1. The minimum atomic E-state index is -0.677. The molecule has 0 saturated heterocycles. The van der Waals surface area contributed by atoms with E-state index in [2.05, 4.69) is 25.9 Å².